The van der Waals surface area contributed by atoms with E-state index >= 15 is 0 Å². The number of nitrogens with zero attached hydrogens (tertiary/aromatic N) is 3. The van der Waals surface area contributed by atoms with Gasteiger partial charge in [-0.05, 0) is 34.4 Å². The van der Waals surface area contributed by atoms with E-state index in [2.05, 4.69) is 10.0 Å². The van der Waals surface area contributed by atoms with E-state index in [1.807, 2.05) is 60.7 Å². The zero-order valence-corrected chi connectivity index (χ0v) is 11.0. The third-order valence-corrected chi connectivity index (χ3v) is 2.91. The molecule has 19 heavy (non-hydrogen) atoms. The molecule has 0 saturated heterocycles. The number of hydrogen-bond acceptors (Lipinski definition) is 1. The number of hydrogen-bond donors (Lipinski definition) is 0. The minimum atomic E-state index is 0.323. The summed E-state index contributed by atoms with van der Waals surface area (Å²) in [6.07, 6.45) is 2.00. The van der Waals surface area contributed by atoms with Gasteiger partial charge in [0.2, 0.25) is 0 Å². The molecule has 2 aromatic rings. The summed E-state index contributed by atoms with van der Waals surface area (Å²) >= 11 is 5.86. The topological polar surface area (TPSA) is 48.8 Å². The van der Waals surface area contributed by atoms with Crippen LogP contribution >= 0.6 is 11.6 Å². The number of benzene rings is 2. The van der Waals surface area contributed by atoms with Crippen LogP contribution in [-0.4, -0.2) is 6.54 Å². The molecular formula is C15H12ClN3. The van der Waals surface area contributed by atoms with Gasteiger partial charge in [-0.2, -0.15) is 0 Å². The molecule has 2 aromatic carbocycles. The molecule has 3 nitrogen and oxygen atoms in total. The Kier molecular flexibility index (Phi) is 4.62. The van der Waals surface area contributed by atoms with E-state index in [0.29, 0.717) is 11.6 Å². The highest BCUT2D eigenvalue weighted by molar-refractivity contribution is 6.30. The second-order valence-electron chi connectivity index (χ2n) is 3.98. The van der Waals surface area contributed by atoms with Crippen molar-refractivity contribution < 1.29 is 0 Å². The standard InChI is InChI=1S/C15H12ClN3/c16-15-8-6-12(7-9-15)10-14(11-18-19-17)13-4-2-1-3-5-13/h1-10H,11H2/b14-10-. The van der Waals surface area contributed by atoms with Crippen LogP contribution in [0.3, 0.4) is 0 Å². The fourth-order valence-corrected chi connectivity index (χ4v) is 1.87. The first-order valence-electron chi connectivity index (χ1n) is 5.82. The summed E-state index contributed by atoms with van der Waals surface area (Å²) in [6, 6.07) is 17.4. The zero-order valence-electron chi connectivity index (χ0n) is 10.2. The van der Waals surface area contributed by atoms with E-state index in [0.717, 1.165) is 16.7 Å². The van der Waals surface area contributed by atoms with Gasteiger partial charge in [0, 0.05) is 9.93 Å². The molecule has 0 aliphatic carbocycles. The predicted octanol–water partition coefficient (Wildman–Crippen LogP) is 5.19. The molecular weight excluding hydrogens is 258 g/mol. The van der Waals surface area contributed by atoms with E-state index in [9.17, 15) is 0 Å². The Labute approximate surface area is 116 Å². The van der Waals surface area contributed by atoms with Gasteiger partial charge in [0.15, 0.2) is 0 Å². The molecule has 0 bridgehead atoms. The van der Waals surface area contributed by atoms with Crippen LogP contribution in [0.4, 0.5) is 0 Å². The lowest BCUT2D eigenvalue weighted by molar-refractivity contribution is 1.23. The monoisotopic (exact) mass is 269 g/mol. The van der Waals surface area contributed by atoms with Gasteiger partial charge in [-0.1, -0.05) is 65.3 Å². The fourth-order valence-electron chi connectivity index (χ4n) is 1.74. The molecule has 0 aliphatic heterocycles. The van der Waals surface area contributed by atoms with Crippen molar-refractivity contribution in [3.05, 3.63) is 81.2 Å². The minimum absolute atomic E-state index is 0.323. The molecule has 0 heterocycles. The fraction of sp³-hybridized carbons (Fsp3) is 0.0667. The minimum Gasteiger partial charge on any atom is -0.0893 e. The Balaban J connectivity index is 2.37. The first-order chi connectivity index (χ1) is 9.29. The van der Waals surface area contributed by atoms with E-state index in [1.54, 1.807) is 0 Å². The third-order valence-electron chi connectivity index (χ3n) is 2.66. The molecule has 0 saturated carbocycles. The third kappa shape index (κ3) is 3.88. The average Bonchev–Trinajstić information content (AvgIpc) is 2.46. The van der Waals surface area contributed by atoms with Crippen molar-refractivity contribution in [2.75, 3.05) is 6.54 Å². The SMILES string of the molecule is [N-]=[N+]=NC/C(=C/c1ccc(Cl)cc1)c1ccccc1. The molecule has 0 atom stereocenters. The maximum atomic E-state index is 8.48. The lowest BCUT2D eigenvalue weighted by Gasteiger charge is -2.05. The normalized spacial score (nSPS) is 10.9. The van der Waals surface area contributed by atoms with Gasteiger partial charge in [0.25, 0.3) is 0 Å². The second-order valence-corrected chi connectivity index (χ2v) is 4.41. The smallest absolute Gasteiger partial charge is 0.0517 e. The summed E-state index contributed by atoms with van der Waals surface area (Å²) in [7, 11) is 0. The van der Waals surface area contributed by atoms with Gasteiger partial charge in [-0.3, -0.25) is 0 Å². The quantitative estimate of drug-likeness (QED) is 0.317. The Morgan fingerprint density at radius 3 is 2.42 bits per heavy atom. The van der Waals surface area contributed by atoms with Crippen LogP contribution in [0.25, 0.3) is 22.1 Å². The van der Waals surface area contributed by atoms with Crippen LogP contribution in [0.5, 0.6) is 0 Å². The molecule has 4 heteroatoms. The Bertz CT molecular complexity index is 612. The van der Waals surface area contributed by atoms with Gasteiger partial charge >= 0.3 is 0 Å². The van der Waals surface area contributed by atoms with Crippen LogP contribution in [-0.2, 0) is 0 Å². The van der Waals surface area contributed by atoms with Crippen molar-refractivity contribution in [2.45, 2.75) is 0 Å². The molecule has 94 valence electrons. The Hall–Kier alpha value is -2.22. The van der Waals surface area contributed by atoms with Crippen molar-refractivity contribution in [2.24, 2.45) is 5.11 Å². The van der Waals surface area contributed by atoms with Crippen molar-refractivity contribution in [1.29, 1.82) is 0 Å². The molecule has 2 rings (SSSR count). The van der Waals surface area contributed by atoms with Crippen molar-refractivity contribution in [3.63, 3.8) is 0 Å². The molecule has 0 aliphatic rings. The summed E-state index contributed by atoms with van der Waals surface area (Å²) in [5.74, 6) is 0. The first kappa shape index (κ1) is 13.2. The molecule has 0 N–H and O–H groups in total. The highest BCUT2D eigenvalue weighted by Gasteiger charge is 2.00. The summed E-state index contributed by atoms with van der Waals surface area (Å²) in [5, 5.41) is 4.35. The molecule has 0 radical (unpaired) electrons. The van der Waals surface area contributed by atoms with Crippen LogP contribution in [0.2, 0.25) is 5.02 Å². The summed E-state index contributed by atoms with van der Waals surface area (Å²) in [6.45, 7) is 0.323. The van der Waals surface area contributed by atoms with Crippen molar-refractivity contribution >= 4 is 23.3 Å². The van der Waals surface area contributed by atoms with Crippen LogP contribution < -0.4 is 0 Å². The highest BCUT2D eigenvalue weighted by Crippen LogP contribution is 2.20. The molecule has 0 spiro atoms. The van der Waals surface area contributed by atoms with Crippen LogP contribution in [0, 0.1) is 0 Å². The van der Waals surface area contributed by atoms with Gasteiger partial charge in [0.1, 0.15) is 0 Å². The maximum absolute atomic E-state index is 8.48. The largest absolute Gasteiger partial charge is 0.0893 e. The lowest BCUT2D eigenvalue weighted by atomic mass is 10.0. The molecule has 0 aromatic heterocycles. The maximum Gasteiger partial charge on any atom is 0.0517 e. The van der Waals surface area contributed by atoms with Crippen molar-refractivity contribution in [3.8, 4) is 0 Å². The molecule has 0 fully saturated rings. The molecule has 0 unspecified atom stereocenters. The van der Waals surface area contributed by atoms with Gasteiger partial charge in [0.05, 0.1) is 6.54 Å². The van der Waals surface area contributed by atoms with Gasteiger partial charge in [-0.25, -0.2) is 0 Å². The number of rotatable bonds is 4. The summed E-state index contributed by atoms with van der Waals surface area (Å²) in [5.41, 5.74) is 11.5. The molecule has 0 amide bonds. The van der Waals surface area contributed by atoms with Gasteiger partial charge < -0.3 is 0 Å². The Morgan fingerprint density at radius 2 is 1.79 bits per heavy atom. The second kappa shape index (κ2) is 6.64. The Morgan fingerprint density at radius 1 is 1.11 bits per heavy atom. The van der Waals surface area contributed by atoms with E-state index in [4.69, 9.17) is 17.1 Å². The highest BCUT2D eigenvalue weighted by atomic mass is 35.5. The number of azide groups is 1. The predicted molar refractivity (Wildman–Crippen MR) is 79.8 cm³/mol. The number of halogens is 1. The van der Waals surface area contributed by atoms with Crippen molar-refractivity contribution in [1.82, 2.24) is 0 Å². The lowest BCUT2D eigenvalue weighted by Crippen LogP contribution is -1.88. The van der Waals surface area contributed by atoms with E-state index in [-0.39, 0.29) is 0 Å². The summed E-state index contributed by atoms with van der Waals surface area (Å²) in [4.78, 5) is 2.82. The first-order valence-corrected chi connectivity index (χ1v) is 6.20. The van der Waals surface area contributed by atoms with Gasteiger partial charge in [-0.15, -0.1) is 0 Å². The van der Waals surface area contributed by atoms with E-state index in [1.165, 1.54) is 0 Å². The zero-order chi connectivity index (χ0) is 13.5. The average molecular weight is 270 g/mol. The summed E-state index contributed by atoms with van der Waals surface area (Å²) < 4.78 is 0. The van der Waals surface area contributed by atoms with Crippen LogP contribution in [0.1, 0.15) is 11.1 Å². The van der Waals surface area contributed by atoms with E-state index < -0.39 is 0 Å². The van der Waals surface area contributed by atoms with Crippen LogP contribution in [0.15, 0.2) is 59.7 Å².